The highest BCUT2D eigenvalue weighted by Gasteiger charge is 2.52. The van der Waals surface area contributed by atoms with Crippen LogP contribution in [0.2, 0.25) is 0 Å². The Labute approximate surface area is 286 Å². The molecule has 2 heteroatoms. The molecule has 2 aliphatic rings. The molecule has 49 heavy (non-hydrogen) atoms. The molecule has 1 atom stereocenters. The molecule has 0 amide bonds. The minimum Gasteiger partial charge on any atom is -0.457 e. The summed E-state index contributed by atoms with van der Waals surface area (Å²) in [7, 11) is 0. The first-order valence-corrected chi connectivity index (χ1v) is 16.9. The first-order chi connectivity index (χ1) is 24.3. The van der Waals surface area contributed by atoms with Gasteiger partial charge in [0.1, 0.15) is 11.5 Å². The summed E-state index contributed by atoms with van der Waals surface area (Å²) in [5.74, 6) is 1.80. The van der Waals surface area contributed by atoms with Crippen LogP contribution in [0.4, 0.5) is 17.1 Å². The van der Waals surface area contributed by atoms with Gasteiger partial charge in [-0.05, 0) is 92.7 Å². The lowest BCUT2D eigenvalue weighted by Crippen LogP contribution is -2.32. The smallest absolute Gasteiger partial charge is 0.132 e. The van der Waals surface area contributed by atoms with Crippen LogP contribution in [-0.2, 0) is 5.41 Å². The normalized spacial score (nSPS) is 15.2. The van der Waals surface area contributed by atoms with Gasteiger partial charge in [-0.3, -0.25) is 0 Å². The molecule has 8 aromatic rings. The molecule has 8 aromatic carbocycles. The zero-order valence-electron chi connectivity index (χ0n) is 26.8. The van der Waals surface area contributed by atoms with Crippen molar-refractivity contribution in [3.8, 4) is 33.8 Å². The third-order valence-electron chi connectivity index (χ3n) is 10.3. The Balaban J connectivity index is 1.26. The maximum atomic E-state index is 6.76. The van der Waals surface area contributed by atoms with E-state index in [1.165, 1.54) is 55.3 Å². The van der Waals surface area contributed by atoms with Gasteiger partial charge in [0.15, 0.2) is 0 Å². The van der Waals surface area contributed by atoms with Crippen molar-refractivity contribution in [3.63, 3.8) is 0 Å². The number of rotatable bonds is 4. The van der Waals surface area contributed by atoms with Gasteiger partial charge in [-0.1, -0.05) is 140 Å². The molecule has 10 rings (SSSR count). The van der Waals surface area contributed by atoms with E-state index in [-0.39, 0.29) is 0 Å². The third-order valence-corrected chi connectivity index (χ3v) is 10.3. The Morgan fingerprint density at radius 2 is 1.00 bits per heavy atom. The van der Waals surface area contributed by atoms with Crippen LogP contribution < -0.4 is 9.64 Å². The number of fused-ring (bicyclic) bond motifs is 11. The van der Waals surface area contributed by atoms with Crippen molar-refractivity contribution in [1.29, 1.82) is 0 Å². The number of ether oxygens (including phenoxy) is 1. The molecule has 0 N–H and O–H groups in total. The van der Waals surface area contributed by atoms with E-state index in [0.29, 0.717) is 0 Å². The minimum atomic E-state index is -0.577. The van der Waals surface area contributed by atoms with Gasteiger partial charge in [-0.15, -0.1) is 0 Å². The zero-order valence-corrected chi connectivity index (χ0v) is 26.8. The largest absolute Gasteiger partial charge is 0.457 e. The molecular weight excluding hydrogens is 595 g/mol. The summed E-state index contributed by atoms with van der Waals surface area (Å²) in [6.07, 6.45) is 0. The van der Waals surface area contributed by atoms with Crippen LogP contribution in [0, 0.1) is 0 Å². The van der Waals surface area contributed by atoms with Crippen LogP contribution in [0.25, 0.3) is 33.0 Å². The number of benzene rings is 8. The molecule has 2 nitrogen and oxygen atoms in total. The van der Waals surface area contributed by atoms with Crippen molar-refractivity contribution in [1.82, 2.24) is 0 Å². The summed E-state index contributed by atoms with van der Waals surface area (Å²) < 4.78 is 6.76. The fourth-order valence-corrected chi connectivity index (χ4v) is 8.27. The Morgan fingerprint density at radius 3 is 1.84 bits per heavy atom. The van der Waals surface area contributed by atoms with Crippen molar-refractivity contribution in [2.75, 3.05) is 4.90 Å². The Hall–Kier alpha value is -6.38. The van der Waals surface area contributed by atoms with Gasteiger partial charge in [0.2, 0.25) is 0 Å². The number of nitrogens with zero attached hydrogens (tertiary/aromatic N) is 1. The number of hydrogen-bond donors (Lipinski definition) is 0. The average molecular weight is 626 g/mol. The molecule has 1 unspecified atom stereocenters. The number of para-hydroxylation sites is 2. The minimum absolute atomic E-state index is 0.577. The standard InChI is InChI=1S/C47H31NO/c1-3-13-32(14-4-1)33-23-26-36(27-24-33)48(35-16-5-2-6-17-35)37-28-29-40-39-19-9-10-20-41(39)47(43(40)31-37)42-21-11-12-22-44(42)49-45-30-25-34-15-7-8-18-38(34)46(45)47/h1-31H. The monoisotopic (exact) mass is 625 g/mol. The van der Waals surface area contributed by atoms with E-state index in [1.54, 1.807) is 0 Å². The van der Waals surface area contributed by atoms with Crippen LogP contribution in [0.15, 0.2) is 188 Å². The molecule has 0 fully saturated rings. The number of hydrogen-bond acceptors (Lipinski definition) is 2. The van der Waals surface area contributed by atoms with Crippen molar-refractivity contribution >= 4 is 27.8 Å². The second-order valence-electron chi connectivity index (χ2n) is 12.9. The Bertz CT molecular complexity index is 2520. The van der Waals surface area contributed by atoms with Crippen LogP contribution in [0.3, 0.4) is 0 Å². The molecule has 0 bridgehead atoms. The zero-order chi connectivity index (χ0) is 32.4. The van der Waals surface area contributed by atoms with E-state index in [9.17, 15) is 0 Å². The molecule has 1 aliphatic carbocycles. The van der Waals surface area contributed by atoms with Gasteiger partial charge < -0.3 is 9.64 Å². The highest BCUT2D eigenvalue weighted by atomic mass is 16.5. The third kappa shape index (κ3) is 4.07. The summed E-state index contributed by atoms with van der Waals surface area (Å²) in [5, 5.41) is 2.41. The van der Waals surface area contributed by atoms with E-state index in [2.05, 4.69) is 193 Å². The fourth-order valence-electron chi connectivity index (χ4n) is 8.27. The average Bonchev–Trinajstić information content (AvgIpc) is 3.46. The van der Waals surface area contributed by atoms with Crippen molar-refractivity contribution in [3.05, 3.63) is 210 Å². The van der Waals surface area contributed by atoms with Gasteiger partial charge in [0.25, 0.3) is 0 Å². The number of anilines is 3. The fraction of sp³-hybridized carbons (Fsp3) is 0.0213. The van der Waals surface area contributed by atoms with Crippen LogP contribution in [0.1, 0.15) is 22.3 Å². The van der Waals surface area contributed by atoms with Crippen LogP contribution >= 0.6 is 0 Å². The van der Waals surface area contributed by atoms with Gasteiger partial charge >= 0.3 is 0 Å². The second kappa shape index (κ2) is 10.8. The predicted octanol–water partition coefficient (Wildman–Crippen LogP) is 12.4. The topological polar surface area (TPSA) is 12.5 Å². The van der Waals surface area contributed by atoms with Gasteiger partial charge in [-0.2, -0.15) is 0 Å². The van der Waals surface area contributed by atoms with E-state index in [0.717, 1.165) is 28.6 Å². The van der Waals surface area contributed by atoms with Gasteiger partial charge in [0.05, 0.1) is 5.41 Å². The van der Waals surface area contributed by atoms with Crippen molar-refractivity contribution in [2.45, 2.75) is 5.41 Å². The lowest BCUT2D eigenvalue weighted by molar-refractivity contribution is 0.438. The highest BCUT2D eigenvalue weighted by molar-refractivity contribution is 5.98. The molecule has 0 radical (unpaired) electrons. The van der Waals surface area contributed by atoms with E-state index in [4.69, 9.17) is 4.74 Å². The SMILES string of the molecule is c1ccc(-c2ccc(N(c3ccccc3)c3ccc4c(c3)C3(c5ccccc5Oc5ccc6ccccc6c53)c3ccccc3-4)cc2)cc1. The Kier molecular flexibility index (Phi) is 6.13. The highest BCUT2D eigenvalue weighted by Crippen LogP contribution is 2.63. The van der Waals surface area contributed by atoms with Gasteiger partial charge in [0, 0.05) is 28.2 Å². The molecule has 230 valence electrons. The lowest BCUT2D eigenvalue weighted by Gasteiger charge is -2.40. The Morgan fingerprint density at radius 1 is 0.388 bits per heavy atom. The van der Waals surface area contributed by atoms with Crippen molar-refractivity contribution < 1.29 is 4.74 Å². The summed E-state index contributed by atoms with van der Waals surface area (Å²) in [6.45, 7) is 0. The molecule has 1 spiro atoms. The first-order valence-electron chi connectivity index (χ1n) is 16.9. The summed E-state index contributed by atoms with van der Waals surface area (Å²) in [6, 6.07) is 67.8. The molecule has 0 aromatic heterocycles. The molecular formula is C47H31NO. The van der Waals surface area contributed by atoms with E-state index >= 15 is 0 Å². The summed E-state index contributed by atoms with van der Waals surface area (Å²) in [5.41, 5.74) is 12.6. The van der Waals surface area contributed by atoms with E-state index < -0.39 is 5.41 Å². The summed E-state index contributed by atoms with van der Waals surface area (Å²) >= 11 is 0. The second-order valence-corrected chi connectivity index (χ2v) is 12.9. The lowest BCUT2D eigenvalue weighted by atomic mass is 9.65. The molecule has 1 heterocycles. The predicted molar refractivity (Wildman–Crippen MR) is 201 cm³/mol. The van der Waals surface area contributed by atoms with Crippen LogP contribution in [-0.4, -0.2) is 0 Å². The van der Waals surface area contributed by atoms with E-state index in [1.807, 2.05) is 0 Å². The molecule has 0 saturated carbocycles. The quantitative estimate of drug-likeness (QED) is 0.193. The maximum Gasteiger partial charge on any atom is 0.132 e. The summed E-state index contributed by atoms with van der Waals surface area (Å²) in [4.78, 5) is 2.38. The maximum absolute atomic E-state index is 6.76. The molecule has 1 aliphatic heterocycles. The first kappa shape index (κ1) is 27.7. The van der Waals surface area contributed by atoms with Crippen molar-refractivity contribution in [2.24, 2.45) is 0 Å². The van der Waals surface area contributed by atoms with Gasteiger partial charge in [-0.25, -0.2) is 0 Å². The van der Waals surface area contributed by atoms with Crippen LogP contribution in [0.5, 0.6) is 11.5 Å². The molecule has 0 saturated heterocycles.